The number of carbonyl (C=O) groups is 1. The number of H-pyrrole nitrogens is 1. The summed E-state index contributed by atoms with van der Waals surface area (Å²) < 4.78 is 7.48. The van der Waals surface area contributed by atoms with Crippen molar-refractivity contribution in [3.63, 3.8) is 0 Å². The molecule has 7 heteroatoms. The van der Waals surface area contributed by atoms with E-state index in [0.717, 1.165) is 25.1 Å². The normalized spacial score (nSPS) is 16.9. The van der Waals surface area contributed by atoms with E-state index in [9.17, 15) is 4.79 Å². The van der Waals surface area contributed by atoms with Crippen molar-refractivity contribution in [3.05, 3.63) is 66.0 Å². The van der Waals surface area contributed by atoms with Gasteiger partial charge in [0.05, 0.1) is 17.8 Å². The van der Waals surface area contributed by atoms with Crippen molar-refractivity contribution in [2.24, 2.45) is 0 Å². The van der Waals surface area contributed by atoms with Gasteiger partial charge in [-0.1, -0.05) is 12.1 Å². The summed E-state index contributed by atoms with van der Waals surface area (Å²) in [6, 6.07) is 11.3. The third-order valence-corrected chi connectivity index (χ3v) is 4.21. The van der Waals surface area contributed by atoms with Crippen molar-refractivity contribution in [1.82, 2.24) is 25.1 Å². The maximum atomic E-state index is 12.6. The van der Waals surface area contributed by atoms with Crippen LogP contribution in [0.25, 0.3) is 5.69 Å². The van der Waals surface area contributed by atoms with Crippen molar-refractivity contribution in [2.45, 2.75) is 25.5 Å². The van der Waals surface area contributed by atoms with Gasteiger partial charge in [-0.3, -0.25) is 9.89 Å². The van der Waals surface area contributed by atoms with E-state index in [1.54, 1.807) is 0 Å². The molecule has 2 aromatic heterocycles. The summed E-state index contributed by atoms with van der Waals surface area (Å²) in [5, 5.41) is 9.96. The van der Waals surface area contributed by atoms with Crippen LogP contribution in [0.5, 0.6) is 0 Å². The lowest BCUT2D eigenvalue weighted by Gasteiger charge is -2.10. The summed E-state index contributed by atoms with van der Waals surface area (Å²) in [7, 11) is 0. The highest BCUT2D eigenvalue weighted by atomic mass is 16.5. The smallest absolute Gasteiger partial charge is 0.253 e. The third-order valence-electron chi connectivity index (χ3n) is 4.21. The van der Waals surface area contributed by atoms with Crippen molar-refractivity contribution in [2.75, 3.05) is 6.61 Å². The van der Waals surface area contributed by atoms with Crippen LogP contribution in [0, 0.1) is 0 Å². The molecule has 0 aliphatic carbocycles. The van der Waals surface area contributed by atoms with Crippen LogP contribution in [-0.4, -0.2) is 32.3 Å². The lowest BCUT2D eigenvalue weighted by molar-refractivity contribution is 0.0950. The third kappa shape index (κ3) is 3.32. The molecule has 1 unspecified atom stereocenters. The van der Waals surface area contributed by atoms with Crippen LogP contribution in [-0.2, 0) is 11.3 Å². The quantitative estimate of drug-likeness (QED) is 0.748. The number of benzene rings is 1. The van der Waals surface area contributed by atoms with Gasteiger partial charge in [-0.15, -0.1) is 0 Å². The van der Waals surface area contributed by atoms with Gasteiger partial charge in [-0.05, 0) is 37.1 Å². The average Bonchev–Trinajstić information content (AvgIpc) is 3.41. The Bertz CT molecular complexity index is 850. The minimum absolute atomic E-state index is 0.0323. The van der Waals surface area contributed by atoms with Crippen LogP contribution >= 0.6 is 0 Å². The number of nitrogens with zero attached hydrogens (tertiary/aromatic N) is 3. The van der Waals surface area contributed by atoms with Crippen LogP contribution in [0.2, 0.25) is 0 Å². The Morgan fingerprint density at radius 2 is 2.12 bits per heavy atom. The molecule has 1 fully saturated rings. The molecule has 0 spiro atoms. The van der Waals surface area contributed by atoms with E-state index in [1.165, 1.54) is 0 Å². The van der Waals surface area contributed by atoms with Crippen molar-refractivity contribution >= 4 is 5.91 Å². The second kappa shape index (κ2) is 6.90. The number of aromatic amines is 1. The van der Waals surface area contributed by atoms with Gasteiger partial charge in [0.25, 0.3) is 5.91 Å². The summed E-state index contributed by atoms with van der Waals surface area (Å²) in [4.78, 5) is 17.0. The van der Waals surface area contributed by atoms with Gasteiger partial charge in [0, 0.05) is 19.0 Å². The SMILES string of the molecule is O=C(NCc1nc(C2CCCO2)n[nH]1)c1ccccc1-n1cccc1. The van der Waals surface area contributed by atoms with E-state index in [0.29, 0.717) is 23.8 Å². The molecule has 1 amide bonds. The summed E-state index contributed by atoms with van der Waals surface area (Å²) in [6.45, 7) is 1.04. The van der Waals surface area contributed by atoms with E-state index in [4.69, 9.17) is 4.74 Å². The van der Waals surface area contributed by atoms with Crippen LogP contribution in [0.1, 0.15) is 41.0 Å². The van der Waals surface area contributed by atoms with Crippen LogP contribution in [0.3, 0.4) is 0 Å². The Labute approximate surface area is 145 Å². The number of aromatic nitrogens is 4. The van der Waals surface area contributed by atoms with Gasteiger partial charge in [-0.25, -0.2) is 4.98 Å². The Kier molecular flexibility index (Phi) is 4.30. The molecule has 1 aromatic carbocycles. The highest BCUT2D eigenvalue weighted by Gasteiger charge is 2.22. The van der Waals surface area contributed by atoms with Crippen molar-refractivity contribution in [1.29, 1.82) is 0 Å². The maximum Gasteiger partial charge on any atom is 0.253 e. The first-order valence-corrected chi connectivity index (χ1v) is 8.34. The first-order valence-electron chi connectivity index (χ1n) is 8.34. The average molecular weight is 337 g/mol. The van der Waals surface area contributed by atoms with Crippen LogP contribution < -0.4 is 5.32 Å². The predicted octanol–water partition coefficient (Wildman–Crippen LogP) is 2.38. The predicted molar refractivity (Wildman–Crippen MR) is 91.2 cm³/mol. The molecule has 2 N–H and O–H groups in total. The lowest BCUT2D eigenvalue weighted by Crippen LogP contribution is -2.24. The molecule has 25 heavy (non-hydrogen) atoms. The fourth-order valence-corrected chi connectivity index (χ4v) is 2.96. The lowest BCUT2D eigenvalue weighted by atomic mass is 10.1. The number of ether oxygens (including phenoxy) is 1. The summed E-state index contributed by atoms with van der Waals surface area (Å²) in [6.07, 6.45) is 5.76. The number of nitrogens with one attached hydrogen (secondary N) is 2. The molecule has 1 atom stereocenters. The molecule has 1 aliphatic heterocycles. The molecule has 0 saturated carbocycles. The second-order valence-electron chi connectivity index (χ2n) is 5.93. The molecular weight excluding hydrogens is 318 g/mol. The molecule has 1 aliphatic rings. The standard InChI is InChI=1S/C18H19N5O2/c24-18(13-6-1-2-7-14(13)23-9-3-4-10-23)19-12-16-20-17(22-21-16)15-8-5-11-25-15/h1-4,6-7,9-10,15H,5,8,11-12H2,(H,19,24)(H,20,21,22). The first kappa shape index (κ1) is 15.6. The zero-order chi connectivity index (χ0) is 17.1. The minimum Gasteiger partial charge on any atom is -0.370 e. The van der Waals surface area contributed by atoms with Gasteiger partial charge in [0.15, 0.2) is 5.82 Å². The van der Waals surface area contributed by atoms with Crippen LogP contribution in [0.15, 0.2) is 48.8 Å². The number of amides is 1. The van der Waals surface area contributed by atoms with Gasteiger partial charge >= 0.3 is 0 Å². The number of carbonyl (C=O) groups excluding carboxylic acids is 1. The van der Waals surface area contributed by atoms with Crippen molar-refractivity contribution in [3.8, 4) is 5.69 Å². The number of hydrogen-bond acceptors (Lipinski definition) is 4. The summed E-state index contributed by atoms with van der Waals surface area (Å²) >= 11 is 0. The second-order valence-corrected chi connectivity index (χ2v) is 5.93. The minimum atomic E-state index is -0.153. The zero-order valence-corrected chi connectivity index (χ0v) is 13.7. The topological polar surface area (TPSA) is 84.8 Å². The Morgan fingerprint density at radius 3 is 2.92 bits per heavy atom. The van der Waals surface area contributed by atoms with E-state index in [2.05, 4.69) is 20.5 Å². The fourth-order valence-electron chi connectivity index (χ4n) is 2.96. The highest BCUT2D eigenvalue weighted by Crippen LogP contribution is 2.25. The monoisotopic (exact) mass is 337 g/mol. The molecule has 0 radical (unpaired) electrons. The Morgan fingerprint density at radius 1 is 1.28 bits per heavy atom. The molecule has 1 saturated heterocycles. The molecule has 3 heterocycles. The van der Waals surface area contributed by atoms with E-state index in [-0.39, 0.29) is 12.0 Å². The first-order chi connectivity index (χ1) is 12.3. The van der Waals surface area contributed by atoms with Gasteiger partial charge < -0.3 is 14.6 Å². The zero-order valence-electron chi connectivity index (χ0n) is 13.7. The molecule has 3 aromatic rings. The molecule has 4 rings (SSSR count). The van der Waals surface area contributed by atoms with E-state index in [1.807, 2.05) is 53.4 Å². The van der Waals surface area contributed by atoms with Gasteiger partial charge in [0.1, 0.15) is 11.9 Å². The van der Waals surface area contributed by atoms with Crippen LogP contribution in [0.4, 0.5) is 0 Å². The number of para-hydroxylation sites is 1. The van der Waals surface area contributed by atoms with E-state index >= 15 is 0 Å². The number of rotatable bonds is 5. The Balaban J connectivity index is 1.45. The largest absolute Gasteiger partial charge is 0.370 e. The molecule has 7 nitrogen and oxygen atoms in total. The summed E-state index contributed by atoms with van der Waals surface area (Å²) in [5.74, 6) is 1.13. The number of hydrogen-bond donors (Lipinski definition) is 2. The fraction of sp³-hybridized carbons (Fsp3) is 0.278. The molecular formula is C18H19N5O2. The van der Waals surface area contributed by atoms with Gasteiger partial charge in [0.2, 0.25) is 0 Å². The summed E-state index contributed by atoms with van der Waals surface area (Å²) in [5.41, 5.74) is 1.44. The highest BCUT2D eigenvalue weighted by molar-refractivity contribution is 5.97. The van der Waals surface area contributed by atoms with Gasteiger partial charge in [-0.2, -0.15) is 5.10 Å². The van der Waals surface area contributed by atoms with E-state index < -0.39 is 0 Å². The maximum absolute atomic E-state index is 12.6. The molecule has 128 valence electrons. The Hall–Kier alpha value is -2.93. The molecule has 0 bridgehead atoms. The van der Waals surface area contributed by atoms with Crippen molar-refractivity contribution < 1.29 is 9.53 Å².